The largest absolute Gasteiger partial charge is 0.362 e. The van der Waals surface area contributed by atoms with Crippen LogP contribution in [0.2, 0.25) is 0 Å². The summed E-state index contributed by atoms with van der Waals surface area (Å²) in [5.74, 6) is 0. The molecule has 0 fully saturated rings. The second-order valence-electron chi connectivity index (χ2n) is 4.03. The van der Waals surface area contributed by atoms with Crippen molar-refractivity contribution in [3.8, 4) is 0 Å². The average molecular weight is 296 g/mol. The van der Waals surface area contributed by atoms with Gasteiger partial charge in [-0.25, -0.2) is 0 Å². The van der Waals surface area contributed by atoms with Gasteiger partial charge in [0.05, 0.1) is 0 Å². The number of para-hydroxylation sites is 1. The zero-order valence-electron chi connectivity index (χ0n) is 11.5. The predicted molar refractivity (Wildman–Crippen MR) is 89.3 cm³/mol. The van der Waals surface area contributed by atoms with Crippen molar-refractivity contribution in [3.05, 3.63) is 29.3 Å². The number of benzene rings is 1. The maximum atomic E-state index is 5.23. The molecule has 1 aromatic rings. The lowest BCUT2D eigenvalue weighted by Crippen LogP contribution is -2.48. The van der Waals surface area contributed by atoms with Gasteiger partial charge in [0, 0.05) is 12.2 Å². The van der Waals surface area contributed by atoms with E-state index in [1.165, 1.54) is 5.56 Å². The van der Waals surface area contributed by atoms with Crippen molar-refractivity contribution in [1.82, 2.24) is 16.2 Å². The molecule has 0 aromatic heterocycles. The molecule has 0 unspecified atom stereocenters. The van der Waals surface area contributed by atoms with Gasteiger partial charge in [0.2, 0.25) is 0 Å². The van der Waals surface area contributed by atoms with Crippen LogP contribution in [-0.2, 0) is 6.42 Å². The van der Waals surface area contributed by atoms with E-state index in [1.54, 1.807) is 0 Å². The highest BCUT2D eigenvalue weighted by molar-refractivity contribution is 7.80. The fourth-order valence-corrected chi connectivity index (χ4v) is 2.01. The second-order valence-corrected chi connectivity index (χ2v) is 4.84. The van der Waals surface area contributed by atoms with Crippen molar-refractivity contribution in [2.24, 2.45) is 0 Å². The van der Waals surface area contributed by atoms with Crippen LogP contribution in [0.1, 0.15) is 25.0 Å². The topological polar surface area (TPSA) is 48.1 Å². The Kier molecular flexibility index (Phi) is 6.52. The lowest BCUT2D eigenvalue weighted by molar-refractivity contribution is 0.825. The average Bonchev–Trinajstić information content (AvgIpc) is 2.39. The lowest BCUT2D eigenvalue weighted by atomic mass is 10.1. The molecule has 0 atom stereocenters. The third kappa shape index (κ3) is 5.00. The Balaban J connectivity index is 2.60. The summed E-state index contributed by atoms with van der Waals surface area (Å²) in [7, 11) is 0. The van der Waals surface area contributed by atoms with Crippen LogP contribution in [0, 0.1) is 6.92 Å². The zero-order valence-corrected chi connectivity index (χ0v) is 13.1. The van der Waals surface area contributed by atoms with E-state index in [1.807, 2.05) is 13.0 Å². The fourth-order valence-electron chi connectivity index (χ4n) is 1.67. The van der Waals surface area contributed by atoms with E-state index in [2.05, 4.69) is 47.5 Å². The molecule has 0 saturated carbocycles. The van der Waals surface area contributed by atoms with Crippen LogP contribution < -0.4 is 21.5 Å². The van der Waals surface area contributed by atoms with Crippen molar-refractivity contribution < 1.29 is 0 Å². The van der Waals surface area contributed by atoms with Gasteiger partial charge >= 0.3 is 0 Å². The monoisotopic (exact) mass is 296 g/mol. The second kappa shape index (κ2) is 7.91. The first-order chi connectivity index (χ1) is 9.08. The summed E-state index contributed by atoms with van der Waals surface area (Å²) in [4.78, 5) is 0. The van der Waals surface area contributed by atoms with Gasteiger partial charge in [0.1, 0.15) is 0 Å². The van der Waals surface area contributed by atoms with E-state index in [0.29, 0.717) is 10.2 Å². The van der Waals surface area contributed by atoms with Crippen LogP contribution in [0.3, 0.4) is 0 Å². The summed E-state index contributed by atoms with van der Waals surface area (Å²) < 4.78 is 0. The van der Waals surface area contributed by atoms with E-state index >= 15 is 0 Å². The molecule has 0 saturated heterocycles. The van der Waals surface area contributed by atoms with Gasteiger partial charge < -0.3 is 10.6 Å². The number of thiocarbonyl (C=S) groups is 2. The van der Waals surface area contributed by atoms with E-state index in [0.717, 1.165) is 24.2 Å². The Morgan fingerprint density at radius 1 is 1.11 bits per heavy atom. The molecule has 6 heteroatoms. The van der Waals surface area contributed by atoms with Crippen molar-refractivity contribution in [1.29, 1.82) is 0 Å². The summed E-state index contributed by atoms with van der Waals surface area (Å²) in [6.45, 7) is 6.92. The third-order valence-corrected chi connectivity index (χ3v) is 3.06. The van der Waals surface area contributed by atoms with Gasteiger partial charge in [-0.3, -0.25) is 10.9 Å². The molecule has 19 heavy (non-hydrogen) atoms. The number of nitrogens with one attached hydrogen (secondary N) is 4. The minimum absolute atomic E-state index is 0.490. The highest BCUT2D eigenvalue weighted by atomic mass is 32.1. The van der Waals surface area contributed by atoms with E-state index < -0.39 is 0 Å². The molecular weight excluding hydrogens is 276 g/mol. The van der Waals surface area contributed by atoms with E-state index in [-0.39, 0.29) is 0 Å². The Morgan fingerprint density at radius 2 is 1.79 bits per heavy atom. The fraction of sp³-hybridized carbons (Fsp3) is 0.385. The van der Waals surface area contributed by atoms with E-state index in [4.69, 9.17) is 24.4 Å². The molecule has 4 nitrogen and oxygen atoms in total. The number of hydrogen-bond acceptors (Lipinski definition) is 2. The summed E-state index contributed by atoms with van der Waals surface area (Å²) in [6, 6.07) is 6.20. The van der Waals surface area contributed by atoms with Gasteiger partial charge in [0.25, 0.3) is 0 Å². The van der Waals surface area contributed by atoms with Crippen molar-refractivity contribution in [3.63, 3.8) is 0 Å². The summed E-state index contributed by atoms with van der Waals surface area (Å²) >= 11 is 10.3. The minimum Gasteiger partial charge on any atom is -0.362 e. The molecule has 1 rings (SSSR count). The maximum absolute atomic E-state index is 5.23. The quantitative estimate of drug-likeness (QED) is 0.507. The zero-order chi connectivity index (χ0) is 14.3. The van der Waals surface area contributed by atoms with Gasteiger partial charge in [-0.2, -0.15) is 0 Å². The molecule has 1 aromatic carbocycles. The van der Waals surface area contributed by atoms with Crippen molar-refractivity contribution >= 4 is 40.3 Å². The molecule has 0 radical (unpaired) electrons. The number of anilines is 1. The maximum Gasteiger partial charge on any atom is 0.189 e. The first-order valence-electron chi connectivity index (χ1n) is 6.27. The van der Waals surface area contributed by atoms with Crippen molar-refractivity contribution in [2.75, 3.05) is 11.9 Å². The van der Waals surface area contributed by atoms with Crippen molar-refractivity contribution in [2.45, 2.75) is 27.2 Å². The molecular formula is C13H20N4S2. The number of hydrogen-bond donors (Lipinski definition) is 4. The third-order valence-electron chi connectivity index (χ3n) is 2.61. The molecule has 104 valence electrons. The summed E-state index contributed by atoms with van der Waals surface area (Å²) in [5, 5.41) is 7.18. The first kappa shape index (κ1) is 15.7. The Hall–Kier alpha value is -1.40. The highest BCUT2D eigenvalue weighted by Gasteiger charge is 2.05. The highest BCUT2D eigenvalue weighted by Crippen LogP contribution is 2.20. The number of hydrazine groups is 1. The summed E-state index contributed by atoms with van der Waals surface area (Å²) in [6.07, 6.45) is 0.954. The molecule has 0 aliphatic heterocycles. The van der Waals surface area contributed by atoms with Gasteiger partial charge in [-0.05, 0) is 55.8 Å². The van der Waals surface area contributed by atoms with Gasteiger partial charge in [0.15, 0.2) is 10.2 Å². The van der Waals surface area contributed by atoms with Crippen LogP contribution in [0.25, 0.3) is 0 Å². The summed E-state index contributed by atoms with van der Waals surface area (Å²) in [5.41, 5.74) is 9.14. The minimum atomic E-state index is 0.490. The van der Waals surface area contributed by atoms with Crippen LogP contribution in [0.5, 0.6) is 0 Å². The molecule has 0 bridgehead atoms. The van der Waals surface area contributed by atoms with Gasteiger partial charge in [-0.15, -0.1) is 0 Å². The molecule has 0 spiro atoms. The Morgan fingerprint density at radius 3 is 2.42 bits per heavy atom. The van der Waals surface area contributed by atoms with Crippen LogP contribution >= 0.6 is 24.4 Å². The Bertz CT molecular complexity index is 460. The molecule has 4 N–H and O–H groups in total. The molecule has 0 heterocycles. The SMILES string of the molecule is CCNC(=S)NNC(=S)Nc1c(C)cccc1CC. The Labute approximate surface area is 125 Å². The number of aryl methyl sites for hydroxylation is 2. The van der Waals surface area contributed by atoms with Crippen LogP contribution in [-0.4, -0.2) is 16.8 Å². The van der Waals surface area contributed by atoms with Crippen LogP contribution in [0.15, 0.2) is 18.2 Å². The smallest absolute Gasteiger partial charge is 0.189 e. The predicted octanol–water partition coefficient (Wildman–Crippen LogP) is 2.24. The normalized spacial score (nSPS) is 9.63. The number of rotatable bonds is 3. The van der Waals surface area contributed by atoms with Crippen LogP contribution in [0.4, 0.5) is 5.69 Å². The van der Waals surface area contributed by atoms with Gasteiger partial charge in [-0.1, -0.05) is 25.1 Å². The molecule has 0 amide bonds. The standard InChI is InChI=1S/C13H20N4S2/c1-4-10-8-6-7-9(3)11(10)15-13(19)17-16-12(18)14-5-2/h6-8H,4-5H2,1-3H3,(H2,14,16,18)(H2,15,17,19). The molecule has 0 aliphatic rings. The lowest BCUT2D eigenvalue weighted by Gasteiger charge is -2.17. The first-order valence-corrected chi connectivity index (χ1v) is 7.09. The van der Waals surface area contributed by atoms with E-state index in [9.17, 15) is 0 Å². The molecule has 0 aliphatic carbocycles.